The van der Waals surface area contributed by atoms with Crippen LogP contribution in [-0.4, -0.2) is 20.1 Å². The fourth-order valence-corrected chi connectivity index (χ4v) is 3.88. The summed E-state index contributed by atoms with van der Waals surface area (Å²) in [6, 6.07) is 16.4. The second-order valence-electron chi connectivity index (χ2n) is 5.58. The van der Waals surface area contributed by atoms with Gasteiger partial charge in [0.1, 0.15) is 5.75 Å². The molecule has 1 aliphatic heterocycles. The summed E-state index contributed by atoms with van der Waals surface area (Å²) in [6.07, 6.45) is 1.69. The van der Waals surface area contributed by atoms with Gasteiger partial charge < -0.3 is 10.1 Å². The summed E-state index contributed by atoms with van der Waals surface area (Å²) in [6.45, 7) is 0. The van der Waals surface area contributed by atoms with Crippen LogP contribution in [0.25, 0.3) is 0 Å². The Labute approximate surface area is 140 Å². The van der Waals surface area contributed by atoms with Crippen LogP contribution < -0.4 is 10.1 Å². The van der Waals surface area contributed by atoms with Crippen molar-refractivity contribution in [2.24, 2.45) is 5.92 Å². The molecule has 1 N–H and O–H groups in total. The van der Waals surface area contributed by atoms with E-state index in [2.05, 4.69) is 5.32 Å². The number of hydrogen-bond donors (Lipinski definition) is 1. The SMILES string of the molecule is O=C(CC1C=CS(=O)(=O)C1)Nc1ccccc1Oc1ccccc1. The molecule has 1 aliphatic rings. The first-order valence-electron chi connectivity index (χ1n) is 7.54. The molecule has 1 unspecified atom stereocenters. The first kappa shape index (κ1) is 16.3. The Morgan fingerprint density at radius 3 is 2.50 bits per heavy atom. The maximum atomic E-state index is 12.2. The van der Waals surface area contributed by atoms with Gasteiger partial charge in [0.05, 0.1) is 11.4 Å². The minimum absolute atomic E-state index is 0.0113. The summed E-state index contributed by atoms with van der Waals surface area (Å²) >= 11 is 0. The molecule has 1 heterocycles. The number of anilines is 1. The Balaban J connectivity index is 1.67. The van der Waals surface area contributed by atoms with Crippen molar-refractivity contribution in [3.8, 4) is 11.5 Å². The standard InChI is InChI=1S/C18H17NO4S/c20-18(12-14-10-11-24(21,22)13-14)19-16-8-4-5-9-17(16)23-15-6-2-1-3-7-15/h1-11,14H,12-13H2,(H,19,20). The van der Waals surface area contributed by atoms with E-state index in [4.69, 9.17) is 4.74 Å². The molecule has 1 atom stereocenters. The molecule has 1 amide bonds. The topological polar surface area (TPSA) is 72.5 Å². The smallest absolute Gasteiger partial charge is 0.225 e. The van der Waals surface area contributed by atoms with E-state index in [9.17, 15) is 13.2 Å². The van der Waals surface area contributed by atoms with Crippen LogP contribution in [-0.2, 0) is 14.6 Å². The van der Waals surface area contributed by atoms with Gasteiger partial charge in [-0.2, -0.15) is 0 Å². The number of carbonyl (C=O) groups excluding carboxylic acids is 1. The number of amides is 1. The summed E-state index contributed by atoms with van der Waals surface area (Å²) in [5.41, 5.74) is 0.552. The molecule has 2 aromatic rings. The van der Waals surface area contributed by atoms with Crippen LogP contribution >= 0.6 is 0 Å². The minimum Gasteiger partial charge on any atom is -0.455 e. The largest absolute Gasteiger partial charge is 0.455 e. The fraction of sp³-hybridized carbons (Fsp3) is 0.167. The number of sulfone groups is 1. The molecular weight excluding hydrogens is 326 g/mol. The fourth-order valence-electron chi connectivity index (χ4n) is 2.48. The predicted octanol–water partition coefficient (Wildman–Crippen LogP) is 3.37. The number of carbonyl (C=O) groups is 1. The van der Waals surface area contributed by atoms with Crippen LogP contribution in [0.3, 0.4) is 0 Å². The first-order valence-corrected chi connectivity index (χ1v) is 9.26. The zero-order valence-corrected chi connectivity index (χ0v) is 13.7. The average molecular weight is 343 g/mol. The molecule has 0 saturated carbocycles. The van der Waals surface area contributed by atoms with Crippen molar-refractivity contribution in [3.63, 3.8) is 0 Å². The van der Waals surface area contributed by atoms with Gasteiger partial charge in [-0.05, 0) is 24.3 Å². The summed E-state index contributed by atoms with van der Waals surface area (Å²) in [7, 11) is -3.15. The zero-order valence-electron chi connectivity index (χ0n) is 12.9. The Bertz CT molecular complexity index is 860. The zero-order chi connectivity index (χ0) is 17.0. The highest BCUT2D eigenvalue weighted by Crippen LogP contribution is 2.29. The Kier molecular flexibility index (Phi) is 4.66. The molecule has 0 aromatic heterocycles. The van der Waals surface area contributed by atoms with Crippen molar-refractivity contribution in [1.29, 1.82) is 0 Å². The number of benzene rings is 2. The molecule has 3 rings (SSSR count). The molecule has 5 nitrogen and oxygen atoms in total. The van der Waals surface area contributed by atoms with E-state index in [1.54, 1.807) is 24.3 Å². The molecule has 0 aliphatic carbocycles. The van der Waals surface area contributed by atoms with E-state index in [1.807, 2.05) is 36.4 Å². The molecule has 124 valence electrons. The number of para-hydroxylation sites is 3. The maximum absolute atomic E-state index is 12.2. The molecule has 0 radical (unpaired) electrons. The first-order chi connectivity index (χ1) is 11.5. The number of nitrogens with one attached hydrogen (secondary N) is 1. The lowest BCUT2D eigenvalue weighted by molar-refractivity contribution is -0.116. The molecular formula is C18H17NO4S. The van der Waals surface area contributed by atoms with Gasteiger partial charge in [-0.15, -0.1) is 0 Å². The predicted molar refractivity (Wildman–Crippen MR) is 92.6 cm³/mol. The van der Waals surface area contributed by atoms with E-state index in [0.717, 1.165) is 0 Å². The Morgan fingerprint density at radius 1 is 1.08 bits per heavy atom. The average Bonchev–Trinajstić information content (AvgIpc) is 2.89. The van der Waals surface area contributed by atoms with Crippen LogP contribution in [0.2, 0.25) is 0 Å². The summed E-state index contributed by atoms with van der Waals surface area (Å²) in [5, 5.41) is 3.97. The lowest BCUT2D eigenvalue weighted by Gasteiger charge is -2.13. The van der Waals surface area contributed by atoms with Crippen molar-refractivity contribution >= 4 is 21.4 Å². The molecule has 0 fully saturated rings. The van der Waals surface area contributed by atoms with Gasteiger partial charge in [0.2, 0.25) is 5.91 Å². The van der Waals surface area contributed by atoms with E-state index < -0.39 is 9.84 Å². The lowest BCUT2D eigenvalue weighted by atomic mass is 10.1. The number of allylic oxidation sites excluding steroid dienone is 1. The van der Waals surface area contributed by atoms with E-state index >= 15 is 0 Å². The van der Waals surface area contributed by atoms with Gasteiger partial charge in [-0.3, -0.25) is 4.79 Å². The van der Waals surface area contributed by atoms with Crippen molar-refractivity contribution in [2.45, 2.75) is 6.42 Å². The van der Waals surface area contributed by atoms with Crippen molar-refractivity contribution < 1.29 is 17.9 Å². The second-order valence-corrected chi connectivity index (χ2v) is 7.51. The van der Waals surface area contributed by atoms with Gasteiger partial charge >= 0.3 is 0 Å². The van der Waals surface area contributed by atoms with Crippen LogP contribution in [0, 0.1) is 5.92 Å². The molecule has 6 heteroatoms. The van der Waals surface area contributed by atoms with E-state index in [1.165, 1.54) is 5.41 Å². The van der Waals surface area contributed by atoms with Crippen LogP contribution in [0.4, 0.5) is 5.69 Å². The monoisotopic (exact) mass is 343 g/mol. The van der Waals surface area contributed by atoms with Crippen LogP contribution in [0.15, 0.2) is 66.1 Å². The summed E-state index contributed by atoms with van der Waals surface area (Å²) < 4.78 is 28.6. The van der Waals surface area contributed by atoms with Gasteiger partial charge in [0.25, 0.3) is 0 Å². The number of ether oxygens (including phenoxy) is 1. The molecule has 0 spiro atoms. The van der Waals surface area contributed by atoms with Gasteiger partial charge in [0, 0.05) is 17.7 Å². The highest BCUT2D eigenvalue weighted by molar-refractivity contribution is 7.94. The second kappa shape index (κ2) is 6.88. The maximum Gasteiger partial charge on any atom is 0.225 e. The number of hydrogen-bond acceptors (Lipinski definition) is 4. The van der Waals surface area contributed by atoms with E-state index in [0.29, 0.717) is 17.2 Å². The van der Waals surface area contributed by atoms with Crippen molar-refractivity contribution in [1.82, 2.24) is 0 Å². The molecule has 24 heavy (non-hydrogen) atoms. The Hall–Kier alpha value is -2.60. The van der Waals surface area contributed by atoms with Crippen LogP contribution in [0.5, 0.6) is 11.5 Å². The molecule has 0 saturated heterocycles. The third-order valence-corrected chi connectivity index (χ3v) is 5.05. The normalized spacial score (nSPS) is 18.2. The minimum atomic E-state index is -3.15. The van der Waals surface area contributed by atoms with E-state index in [-0.39, 0.29) is 24.0 Å². The molecule has 0 bridgehead atoms. The van der Waals surface area contributed by atoms with Gasteiger partial charge in [-0.25, -0.2) is 8.42 Å². The van der Waals surface area contributed by atoms with Crippen LogP contribution in [0.1, 0.15) is 6.42 Å². The van der Waals surface area contributed by atoms with Crippen molar-refractivity contribution in [3.05, 3.63) is 66.1 Å². The third-order valence-electron chi connectivity index (χ3n) is 3.58. The highest BCUT2D eigenvalue weighted by atomic mass is 32.2. The summed E-state index contributed by atoms with van der Waals surface area (Å²) in [4.78, 5) is 12.2. The Morgan fingerprint density at radius 2 is 1.79 bits per heavy atom. The summed E-state index contributed by atoms with van der Waals surface area (Å²) in [5.74, 6) is 0.668. The van der Waals surface area contributed by atoms with Gasteiger partial charge in [0.15, 0.2) is 15.6 Å². The number of rotatable bonds is 5. The lowest BCUT2D eigenvalue weighted by Crippen LogP contribution is -2.18. The highest BCUT2D eigenvalue weighted by Gasteiger charge is 2.24. The quantitative estimate of drug-likeness (QED) is 0.903. The van der Waals surface area contributed by atoms with Crippen molar-refractivity contribution in [2.75, 3.05) is 11.1 Å². The third kappa shape index (κ3) is 4.23. The molecule has 2 aromatic carbocycles. The van der Waals surface area contributed by atoms with Gasteiger partial charge in [-0.1, -0.05) is 36.4 Å².